The standard InChI is InChI=1S/C20H18FNOS/c21-15-7-5-14(6-8-15)19-10-9-16(23-19)13-22-18-11-12-24-20-4-2-1-3-17(18)20/h1-10,18,22H,11-13H2. The van der Waals surface area contributed by atoms with E-state index in [9.17, 15) is 4.39 Å². The lowest BCUT2D eigenvalue weighted by atomic mass is 10.0. The van der Waals surface area contributed by atoms with E-state index in [2.05, 4.69) is 29.6 Å². The molecule has 1 unspecified atom stereocenters. The summed E-state index contributed by atoms with van der Waals surface area (Å²) in [5, 5.41) is 3.60. The third-order valence-corrected chi connectivity index (χ3v) is 5.39. The predicted octanol–water partition coefficient (Wildman–Crippen LogP) is 5.41. The van der Waals surface area contributed by atoms with Gasteiger partial charge in [-0.05, 0) is 60.2 Å². The van der Waals surface area contributed by atoms with Gasteiger partial charge < -0.3 is 9.73 Å². The highest BCUT2D eigenvalue weighted by Crippen LogP contribution is 2.36. The van der Waals surface area contributed by atoms with Crippen molar-refractivity contribution in [3.63, 3.8) is 0 Å². The Bertz CT molecular complexity index is 828. The molecule has 1 aliphatic heterocycles. The van der Waals surface area contributed by atoms with Crippen LogP contribution in [0.4, 0.5) is 4.39 Å². The lowest BCUT2D eigenvalue weighted by Crippen LogP contribution is -2.23. The zero-order valence-corrected chi connectivity index (χ0v) is 14.0. The van der Waals surface area contributed by atoms with Crippen LogP contribution in [-0.2, 0) is 6.54 Å². The Morgan fingerprint density at radius 1 is 1.04 bits per heavy atom. The lowest BCUT2D eigenvalue weighted by Gasteiger charge is -2.25. The Kier molecular flexibility index (Phi) is 4.41. The molecule has 1 aliphatic rings. The van der Waals surface area contributed by atoms with Gasteiger partial charge in [-0.2, -0.15) is 0 Å². The molecule has 2 aromatic carbocycles. The minimum Gasteiger partial charge on any atom is -0.460 e. The molecule has 0 amide bonds. The minimum absolute atomic E-state index is 0.235. The summed E-state index contributed by atoms with van der Waals surface area (Å²) >= 11 is 1.92. The van der Waals surface area contributed by atoms with Crippen LogP contribution in [0.5, 0.6) is 0 Å². The zero-order chi connectivity index (χ0) is 16.4. The highest BCUT2D eigenvalue weighted by molar-refractivity contribution is 7.99. The van der Waals surface area contributed by atoms with E-state index in [1.165, 1.54) is 22.6 Å². The molecule has 122 valence electrons. The molecule has 0 aliphatic carbocycles. The summed E-state index contributed by atoms with van der Waals surface area (Å²) in [6.07, 6.45) is 1.12. The van der Waals surface area contributed by atoms with Crippen molar-refractivity contribution >= 4 is 11.8 Å². The van der Waals surface area contributed by atoms with Crippen molar-refractivity contribution in [2.24, 2.45) is 0 Å². The first kappa shape index (κ1) is 15.5. The summed E-state index contributed by atoms with van der Waals surface area (Å²) in [5.74, 6) is 2.56. The summed E-state index contributed by atoms with van der Waals surface area (Å²) < 4.78 is 18.9. The normalized spacial score (nSPS) is 16.8. The van der Waals surface area contributed by atoms with Crippen LogP contribution in [0, 0.1) is 5.82 Å². The van der Waals surface area contributed by atoms with Gasteiger partial charge in [0.15, 0.2) is 0 Å². The number of furan rings is 1. The number of rotatable bonds is 4. The van der Waals surface area contributed by atoms with Gasteiger partial charge in [-0.25, -0.2) is 4.39 Å². The van der Waals surface area contributed by atoms with E-state index in [1.807, 2.05) is 23.9 Å². The zero-order valence-electron chi connectivity index (χ0n) is 13.2. The van der Waals surface area contributed by atoms with Gasteiger partial charge in [0.1, 0.15) is 17.3 Å². The molecule has 3 aromatic rings. The highest BCUT2D eigenvalue weighted by atomic mass is 32.2. The van der Waals surface area contributed by atoms with Crippen molar-refractivity contribution in [1.29, 1.82) is 0 Å². The van der Waals surface area contributed by atoms with Crippen LogP contribution >= 0.6 is 11.8 Å². The van der Waals surface area contributed by atoms with E-state index in [4.69, 9.17) is 4.42 Å². The van der Waals surface area contributed by atoms with Gasteiger partial charge >= 0.3 is 0 Å². The number of nitrogens with one attached hydrogen (secondary N) is 1. The fourth-order valence-corrected chi connectivity index (χ4v) is 4.15. The molecule has 4 rings (SSSR count). The van der Waals surface area contributed by atoms with Crippen molar-refractivity contribution < 1.29 is 8.81 Å². The Morgan fingerprint density at radius 3 is 2.75 bits per heavy atom. The number of fused-ring (bicyclic) bond motifs is 1. The van der Waals surface area contributed by atoms with Crippen LogP contribution in [0.3, 0.4) is 0 Å². The van der Waals surface area contributed by atoms with Gasteiger partial charge in [0, 0.05) is 16.5 Å². The second-order valence-electron chi connectivity index (χ2n) is 5.88. The molecule has 24 heavy (non-hydrogen) atoms. The third kappa shape index (κ3) is 3.25. The van der Waals surface area contributed by atoms with Crippen LogP contribution < -0.4 is 5.32 Å². The minimum atomic E-state index is -0.235. The summed E-state index contributed by atoms with van der Waals surface area (Å²) in [6, 6.07) is 19.2. The fourth-order valence-electron chi connectivity index (χ4n) is 3.02. The summed E-state index contributed by atoms with van der Waals surface area (Å²) in [4.78, 5) is 1.37. The molecular weight excluding hydrogens is 321 g/mol. The van der Waals surface area contributed by atoms with Gasteiger partial charge in [0.2, 0.25) is 0 Å². The molecular formula is C20H18FNOS. The second-order valence-corrected chi connectivity index (χ2v) is 7.02. The van der Waals surface area contributed by atoms with E-state index < -0.39 is 0 Å². The van der Waals surface area contributed by atoms with Crippen LogP contribution in [-0.4, -0.2) is 5.75 Å². The van der Waals surface area contributed by atoms with Crippen LogP contribution in [0.2, 0.25) is 0 Å². The van der Waals surface area contributed by atoms with Gasteiger partial charge in [-0.15, -0.1) is 11.8 Å². The Balaban J connectivity index is 1.45. The quantitative estimate of drug-likeness (QED) is 0.688. The number of benzene rings is 2. The maximum Gasteiger partial charge on any atom is 0.134 e. The molecule has 0 bridgehead atoms. The number of thioether (sulfide) groups is 1. The smallest absolute Gasteiger partial charge is 0.134 e. The van der Waals surface area contributed by atoms with Crippen LogP contribution in [0.1, 0.15) is 23.8 Å². The molecule has 0 saturated heterocycles. The topological polar surface area (TPSA) is 25.2 Å². The van der Waals surface area contributed by atoms with Crippen molar-refractivity contribution in [3.8, 4) is 11.3 Å². The first-order valence-corrected chi connectivity index (χ1v) is 9.08. The molecule has 1 atom stereocenters. The molecule has 0 spiro atoms. The first-order chi connectivity index (χ1) is 11.8. The monoisotopic (exact) mass is 339 g/mol. The van der Waals surface area contributed by atoms with E-state index in [-0.39, 0.29) is 5.82 Å². The summed E-state index contributed by atoms with van der Waals surface area (Å²) in [6.45, 7) is 0.685. The maximum absolute atomic E-state index is 13.0. The highest BCUT2D eigenvalue weighted by Gasteiger charge is 2.20. The SMILES string of the molecule is Fc1ccc(-c2ccc(CNC3CCSc4ccccc43)o2)cc1. The number of hydrogen-bond donors (Lipinski definition) is 1. The lowest BCUT2D eigenvalue weighted by molar-refractivity contribution is 0.445. The largest absolute Gasteiger partial charge is 0.460 e. The fraction of sp³-hybridized carbons (Fsp3) is 0.200. The Morgan fingerprint density at radius 2 is 1.88 bits per heavy atom. The van der Waals surface area contributed by atoms with E-state index >= 15 is 0 Å². The molecule has 1 aromatic heterocycles. The van der Waals surface area contributed by atoms with Crippen molar-refractivity contribution in [2.75, 3.05) is 5.75 Å². The van der Waals surface area contributed by atoms with Gasteiger partial charge in [-0.1, -0.05) is 18.2 Å². The Hall–Kier alpha value is -2.04. The second kappa shape index (κ2) is 6.83. The number of hydrogen-bond acceptors (Lipinski definition) is 3. The predicted molar refractivity (Wildman–Crippen MR) is 95.5 cm³/mol. The number of halogens is 1. The van der Waals surface area contributed by atoms with Gasteiger partial charge in [0.05, 0.1) is 6.54 Å². The van der Waals surface area contributed by atoms with E-state index in [0.29, 0.717) is 12.6 Å². The molecule has 0 saturated carbocycles. The molecule has 0 radical (unpaired) electrons. The maximum atomic E-state index is 13.0. The third-order valence-electron chi connectivity index (χ3n) is 4.27. The van der Waals surface area contributed by atoms with Crippen LogP contribution in [0.15, 0.2) is 70.0 Å². The summed E-state index contributed by atoms with van der Waals surface area (Å²) in [7, 11) is 0. The average molecular weight is 339 g/mol. The van der Waals surface area contributed by atoms with E-state index in [1.54, 1.807) is 12.1 Å². The van der Waals surface area contributed by atoms with Crippen molar-refractivity contribution in [3.05, 3.63) is 77.8 Å². The van der Waals surface area contributed by atoms with Gasteiger partial charge in [0.25, 0.3) is 0 Å². The molecule has 4 heteroatoms. The molecule has 2 nitrogen and oxygen atoms in total. The average Bonchev–Trinajstić information content (AvgIpc) is 3.09. The van der Waals surface area contributed by atoms with Crippen LogP contribution in [0.25, 0.3) is 11.3 Å². The van der Waals surface area contributed by atoms with Crippen molar-refractivity contribution in [2.45, 2.75) is 23.9 Å². The van der Waals surface area contributed by atoms with E-state index in [0.717, 1.165) is 29.3 Å². The Labute approximate surface area is 145 Å². The molecule has 1 N–H and O–H groups in total. The molecule has 2 heterocycles. The molecule has 0 fully saturated rings. The van der Waals surface area contributed by atoms with Crippen molar-refractivity contribution in [1.82, 2.24) is 5.32 Å². The first-order valence-electron chi connectivity index (χ1n) is 8.09. The van der Waals surface area contributed by atoms with Gasteiger partial charge in [-0.3, -0.25) is 0 Å². The summed E-state index contributed by atoms with van der Waals surface area (Å²) in [5.41, 5.74) is 2.26.